The highest BCUT2D eigenvalue weighted by atomic mass is 32.1. The van der Waals surface area contributed by atoms with Crippen molar-refractivity contribution >= 4 is 22.9 Å². The Labute approximate surface area is 114 Å². The summed E-state index contributed by atoms with van der Waals surface area (Å²) >= 11 is 4.83. The van der Waals surface area contributed by atoms with Crippen molar-refractivity contribution in [3.8, 4) is 0 Å². The van der Waals surface area contributed by atoms with Gasteiger partial charge in [-0.05, 0) is 29.8 Å². The predicted molar refractivity (Wildman–Crippen MR) is 73.8 cm³/mol. The lowest BCUT2D eigenvalue weighted by Gasteiger charge is -2.08. The highest BCUT2D eigenvalue weighted by Gasteiger charge is 2.03. The summed E-state index contributed by atoms with van der Waals surface area (Å²) in [4.78, 5) is 4.21. The number of benzene rings is 1. The number of pyridine rings is 1. The van der Waals surface area contributed by atoms with Crippen LogP contribution in [0, 0.1) is 11.6 Å². The van der Waals surface area contributed by atoms with Crippen LogP contribution < -0.4 is 11.1 Å². The summed E-state index contributed by atoms with van der Waals surface area (Å²) in [5.74, 6) is -1.72. The Balaban J connectivity index is 2.07. The summed E-state index contributed by atoms with van der Waals surface area (Å²) in [6.07, 6.45) is 1.57. The topological polar surface area (TPSA) is 50.9 Å². The molecule has 0 spiro atoms. The summed E-state index contributed by atoms with van der Waals surface area (Å²) in [5, 5.41) is 3.06. The molecule has 19 heavy (non-hydrogen) atoms. The van der Waals surface area contributed by atoms with Crippen molar-refractivity contribution in [2.75, 3.05) is 5.32 Å². The molecule has 0 radical (unpaired) electrons. The van der Waals surface area contributed by atoms with E-state index in [1.807, 2.05) is 0 Å². The lowest BCUT2D eigenvalue weighted by Crippen LogP contribution is -2.12. The zero-order valence-corrected chi connectivity index (χ0v) is 10.7. The van der Waals surface area contributed by atoms with Crippen molar-refractivity contribution in [3.05, 3.63) is 59.4 Å². The van der Waals surface area contributed by atoms with Gasteiger partial charge in [-0.1, -0.05) is 18.3 Å². The molecule has 1 heterocycles. The molecule has 3 nitrogen and oxygen atoms in total. The molecule has 1 aromatic carbocycles. The number of hydrogen-bond donors (Lipinski definition) is 2. The summed E-state index contributed by atoms with van der Waals surface area (Å²) in [7, 11) is 0. The molecule has 0 saturated carbocycles. The van der Waals surface area contributed by atoms with Crippen LogP contribution in [0.1, 0.15) is 11.3 Å². The second kappa shape index (κ2) is 5.71. The minimum Gasteiger partial charge on any atom is -0.388 e. The van der Waals surface area contributed by atoms with Crippen LogP contribution in [0.3, 0.4) is 0 Å². The molecule has 0 saturated heterocycles. The van der Waals surface area contributed by atoms with Crippen LogP contribution in [0.15, 0.2) is 36.5 Å². The molecule has 98 valence electrons. The summed E-state index contributed by atoms with van der Waals surface area (Å²) in [6.45, 7) is 0.359. The molecule has 0 aliphatic heterocycles. The quantitative estimate of drug-likeness (QED) is 0.845. The molecule has 0 bridgehead atoms. The van der Waals surface area contributed by atoms with Gasteiger partial charge in [0, 0.05) is 18.4 Å². The Morgan fingerprint density at radius 2 is 2.00 bits per heavy atom. The van der Waals surface area contributed by atoms with Gasteiger partial charge in [0.05, 0.1) is 5.69 Å². The molecular formula is C13H11F2N3S. The fourth-order valence-corrected chi connectivity index (χ4v) is 1.64. The molecule has 3 N–H and O–H groups in total. The number of aromatic nitrogens is 1. The van der Waals surface area contributed by atoms with E-state index in [0.717, 1.165) is 17.8 Å². The second-order valence-electron chi connectivity index (χ2n) is 3.90. The van der Waals surface area contributed by atoms with Gasteiger partial charge in [0.15, 0.2) is 11.6 Å². The van der Waals surface area contributed by atoms with Gasteiger partial charge in [-0.15, -0.1) is 0 Å². The average Bonchev–Trinajstić information content (AvgIpc) is 2.40. The van der Waals surface area contributed by atoms with Crippen LogP contribution in [-0.2, 0) is 6.54 Å². The molecule has 1 aromatic heterocycles. The maximum Gasteiger partial charge on any atom is 0.159 e. The molecule has 0 unspecified atom stereocenters. The minimum absolute atomic E-state index is 0.205. The number of thiocarbonyl (C=S) groups is 1. The lowest BCUT2D eigenvalue weighted by atomic mass is 10.2. The molecule has 2 rings (SSSR count). The lowest BCUT2D eigenvalue weighted by molar-refractivity contribution is 0.507. The first-order chi connectivity index (χ1) is 9.06. The van der Waals surface area contributed by atoms with Crippen LogP contribution >= 0.6 is 12.2 Å². The third kappa shape index (κ3) is 3.45. The second-order valence-corrected chi connectivity index (χ2v) is 4.34. The van der Waals surface area contributed by atoms with Crippen molar-refractivity contribution in [1.29, 1.82) is 0 Å². The van der Waals surface area contributed by atoms with E-state index in [9.17, 15) is 8.78 Å². The predicted octanol–water partition coefficient (Wildman–Crippen LogP) is 2.61. The molecular weight excluding hydrogens is 268 g/mol. The van der Waals surface area contributed by atoms with Crippen LogP contribution in [-0.4, -0.2) is 9.97 Å². The first kappa shape index (κ1) is 13.4. The number of nitrogens with one attached hydrogen (secondary N) is 1. The van der Waals surface area contributed by atoms with E-state index in [1.165, 1.54) is 6.07 Å². The maximum absolute atomic E-state index is 13.0. The standard InChI is InChI=1S/C13H11F2N3S/c14-10-2-1-8(5-11(10)15)7-18-9-3-4-17-12(6-9)13(16)19/h1-6H,7H2,(H2,16,19)(H,17,18). The molecule has 6 heteroatoms. The van der Waals surface area contributed by atoms with E-state index in [0.29, 0.717) is 17.8 Å². The van der Waals surface area contributed by atoms with Gasteiger partial charge in [-0.25, -0.2) is 8.78 Å². The van der Waals surface area contributed by atoms with E-state index in [2.05, 4.69) is 10.3 Å². The number of nitrogens with zero attached hydrogens (tertiary/aromatic N) is 1. The fraction of sp³-hybridized carbons (Fsp3) is 0.0769. The van der Waals surface area contributed by atoms with E-state index in [1.54, 1.807) is 18.3 Å². The summed E-state index contributed by atoms with van der Waals surface area (Å²) in [5.41, 5.74) is 7.37. The van der Waals surface area contributed by atoms with Crippen molar-refractivity contribution in [2.24, 2.45) is 5.73 Å². The molecule has 2 aromatic rings. The smallest absolute Gasteiger partial charge is 0.159 e. The largest absolute Gasteiger partial charge is 0.388 e. The third-order valence-electron chi connectivity index (χ3n) is 2.49. The Morgan fingerprint density at radius 1 is 1.21 bits per heavy atom. The van der Waals surface area contributed by atoms with Crippen molar-refractivity contribution < 1.29 is 8.78 Å². The van der Waals surface area contributed by atoms with Gasteiger partial charge in [0.1, 0.15) is 4.99 Å². The van der Waals surface area contributed by atoms with Crippen LogP contribution in [0.4, 0.5) is 14.5 Å². The van der Waals surface area contributed by atoms with Crippen molar-refractivity contribution in [3.63, 3.8) is 0 Å². The first-order valence-electron chi connectivity index (χ1n) is 5.50. The van der Waals surface area contributed by atoms with Gasteiger partial charge in [0.2, 0.25) is 0 Å². The number of nitrogens with two attached hydrogens (primary N) is 1. The van der Waals surface area contributed by atoms with Gasteiger partial charge in [-0.2, -0.15) is 0 Å². The van der Waals surface area contributed by atoms with E-state index in [-0.39, 0.29) is 4.99 Å². The fourth-order valence-electron chi connectivity index (χ4n) is 1.53. The minimum atomic E-state index is -0.863. The van der Waals surface area contributed by atoms with Crippen LogP contribution in [0.25, 0.3) is 0 Å². The highest BCUT2D eigenvalue weighted by Crippen LogP contribution is 2.12. The Morgan fingerprint density at radius 3 is 2.68 bits per heavy atom. The van der Waals surface area contributed by atoms with E-state index >= 15 is 0 Å². The Kier molecular flexibility index (Phi) is 4.01. The summed E-state index contributed by atoms with van der Waals surface area (Å²) < 4.78 is 25.8. The molecule has 0 fully saturated rings. The van der Waals surface area contributed by atoms with Gasteiger partial charge in [-0.3, -0.25) is 4.98 Å². The number of hydrogen-bond acceptors (Lipinski definition) is 3. The van der Waals surface area contributed by atoms with Gasteiger partial charge < -0.3 is 11.1 Å². The number of rotatable bonds is 4. The van der Waals surface area contributed by atoms with Crippen molar-refractivity contribution in [1.82, 2.24) is 4.98 Å². The monoisotopic (exact) mass is 279 g/mol. The average molecular weight is 279 g/mol. The van der Waals surface area contributed by atoms with E-state index < -0.39 is 11.6 Å². The summed E-state index contributed by atoms with van der Waals surface area (Å²) in [6, 6.07) is 7.20. The third-order valence-corrected chi connectivity index (χ3v) is 2.70. The normalized spacial score (nSPS) is 10.2. The zero-order valence-electron chi connectivity index (χ0n) is 9.86. The highest BCUT2D eigenvalue weighted by molar-refractivity contribution is 7.80. The van der Waals surface area contributed by atoms with Crippen LogP contribution in [0.5, 0.6) is 0 Å². The zero-order chi connectivity index (χ0) is 13.8. The number of halogens is 2. The van der Waals surface area contributed by atoms with Gasteiger partial charge in [0.25, 0.3) is 0 Å². The maximum atomic E-state index is 13.0. The van der Waals surface area contributed by atoms with Crippen LogP contribution in [0.2, 0.25) is 0 Å². The first-order valence-corrected chi connectivity index (χ1v) is 5.91. The van der Waals surface area contributed by atoms with E-state index in [4.69, 9.17) is 18.0 Å². The Bertz CT molecular complexity index is 617. The SMILES string of the molecule is NC(=S)c1cc(NCc2ccc(F)c(F)c2)ccn1. The molecule has 0 aliphatic rings. The number of anilines is 1. The molecule has 0 atom stereocenters. The Hall–Kier alpha value is -2.08. The van der Waals surface area contributed by atoms with Gasteiger partial charge >= 0.3 is 0 Å². The molecule has 0 amide bonds. The van der Waals surface area contributed by atoms with Crippen molar-refractivity contribution in [2.45, 2.75) is 6.54 Å². The molecule has 0 aliphatic carbocycles.